The Hall–Kier alpha value is -1.11. The normalized spacial score (nSPS) is 9.35. The molecule has 0 saturated carbocycles. The molecule has 0 aromatic heterocycles. The van der Waals surface area contributed by atoms with Crippen molar-refractivity contribution in [1.82, 2.24) is 0 Å². The van der Waals surface area contributed by atoms with Crippen LogP contribution in [0.2, 0.25) is 0 Å². The molecule has 1 aromatic carbocycles. The van der Waals surface area contributed by atoms with E-state index in [1.54, 1.807) is 0 Å². The average Bonchev–Trinajstić information content (AvgIpc) is 2.36. The Balaban J connectivity index is 0.000000366. The Labute approximate surface area is 106 Å². The van der Waals surface area contributed by atoms with E-state index >= 15 is 0 Å². The highest BCUT2D eigenvalue weighted by atomic mass is 16.1. The van der Waals surface area contributed by atoms with Crippen molar-refractivity contribution < 1.29 is 4.79 Å². The van der Waals surface area contributed by atoms with Crippen molar-refractivity contribution in [1.29, 1.82) is 0 Å². The summed E-state index contributed by atoms with van der Waals surface area (Å²) in [5.41, 5.74) is 2.94. The zero-order valence-electron chi connectivity index (χ0n) is 11.5. The van der Waals surface area contributed by atoms with Crippen LogP contribution in [-0.2, 0) is 11.2 Å². The molecule has 0 spiro atoms. The van der Waals surface area contributed by atoms with E-state index in [9.17, 15) is 4.79 Å². The molecule has 17 heavy (non-hydrogen) atoms. The van der Waals surface area contributed by atoms with Gasteiger partial charge in [-0.3, -0.25) is 0 Å². The van der Waals surface area contributed by atoms with Crippen LogP contribution in [0.15, 0.2) is 24.3 Å². The SMILES string of the molecule is CCCCC=O.CCCCc1ccccc1C. The first-order chi connectivity index (χ1) is 8.26. The van der Waals surface area contributed by atoms with E-state index in [0.717, 1.165) is 25.5 Å². The Morgan fingerprint density at radius 2 is 1.71 bits per heavy atom. The van der Waals surface area contributed by atoms with Gasteiger partial charge in [0.25, 0.3) is 0 Å². The second-order valence-corrected chi connectivity index (χ2v) is 4.34. The van der Waals surface area contributed by atoms with Crippen LogP contribution in [0.3, 0.4) is 0 Å². The molecule has 1 rings (SSSR count). The van der Waals surface area contributed by atoms with Crippen molar-refractivity contribution in [2.45, 2.75) is 59.3 Å². The summed E-state index contributed by atoms with van der Waals surface area (Å²) in [5, 5.41) is 0. The summed E-state index contributed by atoms with van der Waals surface area (Å²) < 4.78 is 0. The predicted molar refractivity (Wildman–Crippen MR) is 75.4 cm³/mol. The minimum Gasteiger partial charge on any atom is -0.303 e. The Kier molecular flexibility index (Phi) is 10.6. The summed E-state index contributed by atoms with van der Waals surface area (Å²) in [6.45, 7) is 6.49. The van der Waals surface area contributed by atoms with Crippen molar-refractivity contribution in [3.8, 4) is 0 Å². The first-order valence-electron chi connectivity index (χ1n) is 6.74. The highest BCUT2D eigenvalue weighted by Gasteiger charge is 1.94. The molecule has 0 unspecified atom stereocenters. The fourth-order valence-electron chi connectivity index (χ4n) is 1.55. The zero-order chi connectivity index (χ0) is 12.9. The van der Waals surface area contributed by atoms with Crippen molar-refractivity contribution in [2.75, 3.05) is 0 Å². The summed E-state index contributed by atoms with van der Waals surface area (Å²) in [7, 11) is 0. The van der Waals surface area contributed by atoms with Gasteiger partial charge < -0.3 is 4.79 Å². The molecule has 0 aliphatic carbocycles. The number of hydrogen-bond donors (Lipinski definition) is 0. The Bertz CT molecular complexity index is 291. The summed E-state index contributed by atoms with van der Waals surface area (Å²) in [6.07, 6.45) is 7.70. The van der Waals surface area contributed by atoms with Gasteiger partial charge in [-0.05, 0) is 37.3 Å². The molecular formula is C16H26O. The van der Waals surface area contributed by atoms with Gasteiger partial charge in [0.1, 0.15) is 6.29 Å². The van der Waals surface area contributed by atoms with Gasteiger partial charge in [-0.1, -0.05) is 51.0 Å². The molecule has 96 valence electrons. The molecule has 0 N–H and O–H groups in total. The van der Waals surface area contributed by atoms with Crippen LogP contribution in [-0.4, -0.2) is 6.29 Å². The maximum absolute atomic E-state index is 9.56. The molecule has 0 fully saturated rings. The molecule has 0 aliphatic heterocycles. The predicted octanol–water partition coefficient (Wildman–Crippen LogP) is 4.71. The van der Waals surface area contributed by atoms with Crippen molar-refractivity contribution in [2.24, 2.45) is 0 Å². The molecule has 1 heteroatoms. The number of aldehydes is 1. The average molecular weight is 234 g/mol. The van der Waals surface area contributed by atoms with E-state index in [-0.39, 0.29) is 0 Å². The summed E-state index contributed by atoms with van der Waals surface area (Å²) in [6, 6.07) is 8.64. The van der Waals surface area contributed by atoms with Crippen molar-refractivity contribution in [3.63, 3.8) is 0 Å². The van der Waals surface area contributed by atoms with Crippen LogP contribution in [0.25, 0.3) is 0 Å². The largest absolute Gasteiger partial charge is 0.303 e. The maximum Gasteiger partial charge on any atom is 0.119 e. The Morgan fingerprint density at radius 1 is 1.06 bits per heavy atom. The fourth-order valence-corrected chi connectivity index (χ4v) is 1.55. The zero-order valence-corrected chi connectivity index (χ0v) is 11.5. The van der Waals surface area contributed by atoms with Crippen LogP contribution in [0, 0.1) is 6.92 Å². The lowest BCUT2D eigenvalue weighted by molar-refractivity contribution is -0.107. The van der Waals surface area contributed by atoms with E-state index in [0.29, 0.717) is 0 Å². The lowest BCUT2D eigenvalue weighted by Crippen LogP contribution is -1.87. The summed E-state index contributed by atoms with van der Waals surface area (Å²) in [4.78, 5) is 9.56. The second kappa shape index (κ2) is 11.4. The highest BCUT2D eigenvalue weighted by molar-refractivity contribution is 5.48. The van der Waals surface area contributed by atoms with Gasteiger partial charge in [-0.2, -0.15) is 0 Å². The van der Waals surface area contributed by atoms with E-state index in [1.807, 2.05) is 0 Å². The lowest BCUT2D eigenvalue weighted by atomic mass is 10.0. The van der Waals surface area contributed by atoms with E-state index in [4.69, 9.17) is 0 Å². The smallest absolute Gasteiger partial charge is 0.119 e. The molecule has 1 aromatic rings. The Morgan fingerprint density at radius 3 is 2.18 bits per heavy atom. The second-order valence-electron chi connectivity index (χ2n) is 4.34. The third kappa shape index (κ3) is 8.67. The van der Waals surface area contributed by atoms with Crippen LogP contribution >= 0.6 is 0 Å². The lowest BCUT2D eigenvalue weighted by Gasteiger charge is -2.02. The van der Waals surface area contributed by atoms with Gasteiger partial charge in [0.05, 0.1) is 0 Å². The topological polar surface area (TPSA) is 17.1 Å². The van der Waals surface area contributed by atoms with Gasteiger partial charge >= 0.3 is 0 Å². The van der Waals surface area contributed by atoms with Crippen LogP contribution in [0.1, 0.15) is 57.1 Å². The maximum atomic E-state index is 9.56. The third-order valence-electron chi connectivity index (χ3n) is 2.74. The van der Waals surface area contributed by atoms with E-state index in [1.165, 1.54) is 30.4 Å². The summed E-state index contributed by atoms with van der Waals surface area (Å²) in [5.74, 6) is 0. The fraction of sp³-hybridized carbons (Fsp3) is 0.562. The molecule has 0 aliphatic rings. The first kappa shape index (κ1) is 15.9. The number of aryl methyl sites for hydroxylation is 2. The number of benzene rings is 1. The van der Waals surface area contributed by atoms with Gasteiger partial charge in [-0.25, -0.2) is 0 Å². The quantitative estimate of drug-likeness (QED) is 0.514. The molecular weight excluding hydrogens is 208 g/mol. The molecule has 0 bridgehead atoms. The van der Waals surface area contributed by atoms with Crippen LogP contribution in [0.4, 0.5) is 0 Å². The molecule has 0 radical (unpaired) electrons. The summed E-state index contributed by atoms with van der Waals surface area (Å²) >= 11 is 0. The monoisotopic (exact) mass is 234 g/mol. The number of rotatable bonds is 6. The molecule has 0 saturated heterocycles. The van der Waals surface area contributed by atoms with Crippen LogP contribution < -0.4 is 0 Å². The molecule has 1 nitrogen and oxygen atoms in total. The third-order valence-corrected chi connectivity index (χ3v) is 2.74. The molecule has 0 heterocycles. The van der Waals surface area contributed by atoms with E-state index in [2.05, 4.69) is 45.0 Å². The first-order valence-corrected chi connectivity index (χ1v) is 6.74. The number of carbonyl (C=O) groups excluding carboxylic acids is 1. The standard InChI is InChI=1S/C11H16.C5H10O/c1-3-4-8-11-9-6-5-7-10(11)2;1-2-3-4-5-6/h5-7,9H,3-4,8H2,1-2H3;5H,2-4H2,1H3. The van der Waals surface area contributed by atoms with Gasteiger partial charge in [0.2, 0.25) is 0 Å². The minimum absolute atomic E-state index is 0.733. The van der Waals surface area contributed by atoms with Crippen molar-refractivity contribution >= 4 is 6.29 Å². The number of hydrogen-bond acceptors (Lipinski definition) is 1. The molecule has 0 amide bonds. The van der Waals surface area contributed by atoms with Gasteiger partial charge in [0, 0.05) is 6.42 Å². The van der Waals surface area contributed by atoms with Gasteiger partial charge in [-0.15, -0.1) is 0 Å². The number of carbonyl (C=O) groups is 1. The minimum atomic E-state index is 0.733. The number of unbranched alkanes of at least 4 members (excludes halogenated alkanes) is 3. The van der Waals surface area contributed by atoms with Gasteiger partial charge in [0.15, 0.2) is 0 Å². The van der Waals surface area contributed by atoms with Crippen LogP contribution in [0.5, 0.6) is 0 Å². The van der Waals surface area contributed by atoms with E-state index < -0.39 is 0 Å². The highest BCUT2D eigenvalue weighted by Crippen LogP contribution is 2.09. The van der Waals surface area contributed by atoms with Crippen molar-refractivity contribution in [3.05, 3.63) is 35.4 Å². The molecule has 0 atom stereocenters.